The van der Waals surface area contributed by atoms with Crippen molar-refractivity contribution in [2.75, 3.05) is 27.3 Å². The number of ether oxygens (including phenoxy) is 2. The van der Waals surface area contributed by atoms with E-state index in [1.807, 2.05) is 0 Å². The lowest BCUT2D eigenvalue weighted by molar-refractivity contribution is -0.126. The summed E-state index contributed by atoms with van der Waals surface area (Å²) in [5, 5.41) is 6.15. The summed E-state index contributed by atoms with van der Waals surface area (Å²) in [6.07, 6.45) is 7.63. The highest BCUT2D eigenvalue weighted by molar-refractivity contribution is 5.81. The molecule has 1 aliphatic rings. The maximum absolute atomic E-state index is 12.8. The van der Waals surface area contributed by atoms with Gasteiger partial charge in [0.15, 0.2) is 11.5 Å². The van der Waals surface area contributed by atoms with E-state index in [9.17, 15) is 14.4 Å². The standard InChI is InChI=1S/C23H32N4O5/c1-31-19-13-17-18(14-20(19)32-2)26-15-27(23(17)30)12-6-9-21(28)24-10-11-25-22(29)16-7-4-3-5-8-16/h13-16H,3-12H2,1-2H3,(H,24,28)(H,25,29). The van der Waals surface area contributed by atoms with E-state index in [0.717, 1.165) is 25.7 Å². The number of aryl methyl sites for hydroxylation is 1. The smallest absolute Gasteiger partial charge is 0.261 e. The number of methoxy groups -OCH3 is 2. The summed E-state index contributed by atoms with van der Waals surface area (Å²) in [7, 11) is 3.04. The molecule has 174 valence electrons. The number of hydrogen-bond acceptors (Lipinski definition) is 6. The van der Waals surface area contributed by atoms with Gasteiger partial charge in [0.2, 0.25) is 11.8 Å². The monoisotopic (exact) mass is 444 g/mol. The third-order valence-corrected chi connectivity index (χ3v) is 5.85. The van der Waals surface area contributed by atoms with E-state index in [4.69, 9.17) is 9.47 Å². The van der Waals surface area contributed by atoms with E-state index in [2.05, 4.69) is 15.6 Å². The molecule has 2 aromatic rings. The Labute approximate surface area is 187 Å². The molecule has 0 unspecified atom stereocenters. The molecule has 2 amide bonds. The van der Waals surface area contributed by atoms with Crippen LogP contribution in [0.15, 0.2) is 23.3 Å². The summed E-state index contributed by atoms with van der Waals surface area (Å²) in [6, 6.07) is 3.29. The Morgan fingerprint density at radius 3 is 2.47 bits per heavy atom. The van der Waals surface area contributed by atoms with Crippen LogP contribution in [0.3, 0.4) is 0 Å². The molecule has 0 bridgehead atoms. The van der Waals surface area contributed by atoms with Gasteiger partial charge < -0.3 is 20.1 Å². The number of carbonyl (C=O) groups excluding carboxylic acids is 2. The molecule has 1 aliphatic carbocycles. The predicted molar refractivity (Wildman–Crippen MR) is 121 cm³/mol. The first-order valence-electron chi connectivity index (χ1n) is 11.2. The lowest BCUT2D eigenvalue weighted by Gasteiger charge is -2.20. The fraction of sp³-hybridized carbons (Fsp3) is 0.565. The Hall–Kier alpha value is -3.10. The summed E-state index contributed by atoms with van der Waals surface area (Å²) in [5.74, 6) is 1.08. The summed E-state index contributed by atoms with van der Waals surface area (Å²) in [6.45, 7) is 1.21. The van der Waals surface area contributed by atoms with Crippen LogP contribution in [-0.2, 0) is 16.1 Å². The van der Waals surface area contributed by atoms with Crippen molar-refractivity contribution in [2.24, 2.45) is 5.92 Å². The quantitative estimate of drug-likeness (QED) is 0.542. The van der Waals surface area contributed by atoms with Crippen LogP contribution in [0.1, 0.15) is 44.9 Å². The van der Waals surface area contributed by atoms with Crippen LogP contribution in [0.25, 0.3) is 10.9 Å². The number of nitrogens with zero attached hydrogens (tertiary/aromatic N) is 2. The van der Waals surface area contributed by atoms with E-state index in [0.29, 0.717) is 48.5 Å². The summed E-state index contributed by atoms with van der Waals surface area (Å²) in [5.41, 5.74) is 0.332. The number of hydrogen-bond donors (Lipinski definition) is 2. The first-order valence-corrected chi connectivity index (χ1v) is 11.2. The van der Waals surface area contributed by atoms with E-state index < -0.39 is 0 Å². The van der Waals surface area contributed by atoms with Crippen molar-refractivity contribution in [3.8, 4) is 11.5 Å². The Morgan fingerprint density at radius 2 is 1.75 bits per heavy atom. The Bertz CT molecular complexity index is 998. The Morgan fingerprint density at radius 1 is 1.06 bits per heavy atom. The molecule has 1 aromatic carbocycles. The highest BCUT2D eigenvalue weighted by Gasteiger charge is 2.20. The highest BCUT2D eigenvalue weighted by Crippen LogP contribution is 2.29. The molecule has 9 nitrogen and oxygen atoms in total. The molecule has 1 saturated carbocycles. The Kier molecular flexibility index (Phi) is 8.47. The van der Waals surface area contributed by atoms with Crippen molar-refractivity contribution in [3.63, 3.8) is 0 Å². The van der Waals surface area contributed by atoms with Crippen LogP contribution in [0.4, 0.5) is 0 Å². The maximum atomic E-state index is 12.8. The fourth-order valence-electron chi connectivity index (χ4n) is 4.04. The highest BCUT2D eigenvalue weighted by atomic mass is 16.5. The zero-order valence-electron chi connectivity index (χ0n) is 18.8. The lowest BCUT2D eigenvalue weighted by Crippen LogP contribution is -2.38. The number of rotatable bonds is 10. The molecule has 3 rings (SSSR count). The number of amides is 2. The van der Waals surface area contributed by atoms with E-state index >= 15 is 0 Å². The molecule has 32 heavy (non-hydrogen) atoms. The average molecular weight is 445 g/mol. The maximum Gasteiger partial charge on any atom is 0.261 e. The minimum absolute atomic E-state index is 0.0939. The van der Waals surface area contributed by atoms with Crippen LogP contribution in [0, 0.1) is 5.92 Å². The average Bonchev–Trinajstić information content (AvgIpc) is 2.83. The molecular formula is C23H32N4O5. The van der Waals surface area contributed by atoms with E-state index in [1.54, 1.807) is 12.1 Å². The number of nitrogens with one attached hydrogen (secondary N) is 2. The second-order valence-corrected chi connectivity index (χ2v) is 8.05. The van der Waals surface area contributed by atoms with E-state index in [-0.39, 0.29) is 29.7 Å². The molecule has 2 N–H and O–H groups in total. The number of fused-ring (bicyclic) bond motifs is 1. The first kappa shape index (κ1) is 23.6. The third-order valence-electron chi connectivity index (χ3n) is 5.85. The van der Waals surface area contributed by atoms with Crippen LogP contribution in [-0.4, -0.2) is 48.7 Å². The molecule has 0 atom stereocenters. The topological polar surface area (TPSA) is 112 Å². The van der Waals surface area contributed by atoms with Gasteiger partial charge >= 0.3 is 0 Å². The number of aromatic nitrogens is 2. The van der Waals surface area contributed by atoms with Crippen LogP contribution in [0.5, 0.6) is 11.5 Å². The van der Waals surface area contributed by atoms with Gasteiger partial charge in [0, 0.05) is 38.0 Å². The summed E-state index contributed by atoms with van der Waals surface area (Å²) in [4.78, 5) is 41.3. The van der Waals surface area contributed by atoms with Crippen LogP contribution >= 0.6 is 0 Å². The molecule has 1 heterocycles. The third kappa shape index (κ3) is 5.99. The van der Waals surface area contributed by atoms with Gasteiger partial charge in [-0.05, 0) is 25.3 Å². The Balaban J connectivity index is 1.43. The minimum atomic E-state index is -0.193. The van der Waals surface area contributed by atoms with Gasteiger partial charge in [0.25, 0.3) is 5.56 Å². The van der Waals surface area contributed by atoms with Gasteiger partial charge in [-0.15, -0.1) is 0 Å². The largest absolute Gasteiger partial charge is 0.493 e. The molecule has 0 aliphatic heterocycles. The van der Waals surface area contributed by atoms with Gasteiger partial charge in [0.05, 0.1) is 31.4 Å². The first-order chi connectivity index (χ1) is 15.5. The van der Waals surface area contributed by atoms with Crippen molar-refractivity contribution in [1.82, 2.24) is 20.2 Å². The van der Waals surface area contributed by atoms with Gasteiger partial charge in [0.1, 0.15) is 0 Å². The van der Waals surface area contributed by atoms with Crippen molar-refractivity contribution >= 4 is 22.7 Å². The van der Waals surface area contributed by atoms with Crippen molar-refractivity contribution in [1.29, 1.82) is 0 Å². The molecule has 0 radical (unpaired) electrons. The fourth-order valence-corrected chi connectivity index (χ4v) is 4.04. The zero-order valence-corrected chi connectivity index (χ0v) is 18.8. The lowest BCUT2D eigenvalue weighted by atomic mass is 9.89. The molecule has 9 heteroatoms. The molecule has 0 saturated heterocycles. The van der Waals surface area contributed by atoms with Crippen LogP contribution in [0.2, 0.25) is 0 Å². The molecule has 0 spiro atoms. The van der Waals surface area contributed by atoms with Crippen LogP contribution < -0.4 is 25.7 Å². The van der Waals surface area contributed by atoms with Crippen molar-refractivity contribution in [3.05, 3.63) is 28.8 Å². The van der Waals surface area contributed by atoms with E-state index in [1.165, 1.54) is 31.5 Å². The molecular weight excluding hydrogens is 412 g/mol. The normalized spacial score (nSPS) is 14.2. The summed E-state index contributed by atoms with van der Waals surface area (Å²) < 4.78 is 12.0. The van der Waals surface area contributed by atoms with Gasteiger partial charge in [-0.3, -0.25) is 19.0 Å². The predicted octanol–water partition coefficient (Wildman–Crippen LogP) is 2.01. The second kappa shape index (κ2) is 11.5. The van der Waals surface area contributed by atoms with Gasteiger partial charge in [-0.25, -0.2) is 4.98 Å². The molecule has 1 aromatic heterocycles. The van der Waals surface area contributed by atoms with Gasteiger partial charge in [-0.1, -0.05) is 19.3 Å². The number of benzene rings is 1. The second-order valence-electron chi connectivity index (χ2n) is 8.05. The number of carbonyl (C=O) groups is 2. The molecule has 1 fully saturated rings. The van der Waals surface area contributed by atoms with Crippen molar-refractivity contribution in [2.45, 2.75) is 51.5 Å². The SMILES string of the molecule is COc1cc2ncn(CCCC(=O)NCCNC(=O)C3CCCCC3)c(=O)c2cc1OC. The zero-order chi connectivity index (χ0) is 22.9. The minimum Gasteiger partial charge on any atom is -0.493 e. The summed E-state index contributed by atoms with van der Waals surface area (Å²) >= 11 is 0. The van der Waals surface area contributed by atoms with Crippen molar-refractivity contribution < 1.29 is 19.1 Å². The van der Waals surface area contributed by atoms with Gasteiger partial charge in [-0.2, -0.15) is 0 Å².